The van der Waals surface area contributed by atoms with E-state index in [0.717, 1.165) is 12.1 Å². The van der Waals surface area contributed by atoms with Gasteiger partial charge in [-0.2, -0.15) is 0 Å². The molecule has 0 aromatic heterocycles. The standard InChI is InChI=1S/C22H26O13/c23-6-12-15(27)16(28)17(29)21(33-12)34-20-13-9(3-4-31-20)14(26)18-22(13,35-18)7-32-19(30)8-1-2-10(24)11(25)5-8/h1-5,9,12-18,20-21,23-29H,6-7H2. The summed E-state index contributed by atoms with van der Waals surface area (Å²) in [6, 6.07) is 3.45. The number of epoxide rings is 1. The molecule has 0 spiro atoms. The highest BCUT2D eigenvalue weighted by atomic mass is 16.8. The van der Waals surface area contributed by atoms with Crippen LogP contribution in [-0.4, -0.2) is 110 Å². The molecule has 3 fully saturated rings. The lowest BCUT2D eigenvalue weighted by Gasteiger charge is -2.43. The summed E-state index contributed by atoms with van der Waals surface area (Å²) in [5, 5.41) is 69.5. The van der Waals surface area contributed by atoms with Crippen LogP contribution in [0.5, 0.6) is 11.5 Å². The van der Waals surface area contributed by atoms with Gasteiger partial charge in [0.2, 0.25) is 6.29 Å². The lowest BCUT2D eigenvalue weighted by atomic mass is 9.85. The zero-order chi connectivity index (χ0) is 25.1. The van der Waals surface area contributed by atoms with E-state index in [0.29, 0.717) is 0 Å². The molecule has 7 N–H and O–H groups in total. The van der Waals surface area contributed by atoms with Gasteiger partial charge >= 0.3 is 5.97 Å². The third-order valence-electron chi connectivity index (χ3n) is 7.02. The highest BCUT2D eigenvalue weighted by Gasteiger charge is 2.76. The van der Waals surface area contributed by atoms with Crippen molar-refractivity contribution in [2.75, 3.05) is 13.2 Å². The van der Waals surface area contributed by atoms with Crippen LogP contribution in [-0.2, 0) is 23.7 Å². The average molecular weight is 498 g/mol. The molecule has 2 saturated heterocycles. The number of aliphatic hydroxyl groups is 5. The molecule has 11 unspecified atom stereocenters. The lowest BCUT2D eigenvalue weighted by molar-refractivity contribution is -0.344. The van der Waals surface area contributed by atoms with Gasteiger partial charge in [0.1, 0.15) is 42.7 Å². The minimum atomic E-state index is -1.67. The van der Waals surface area contributed by atoms with Crippen molar-refractivity contribution in [3.8, 4) is 11.5 Å². The fourth-order valence-corrected chi connectivity index (χ4v) is 5.07. The monoisotopic (exact) mass is 498 g/mol. The number of ether oxygens (including phenoxy) is 5. The Balaban J connectivity index is 1.32. The topological polar surface area (TPSA) is 208 Å². The Morgan fingerprint density at radius 1 is 1.00 bits per heavy atom. The molecule has 1 aromatic carbocycles. The Bertz CT molecular complexity index is 998. The number of hydrogen-bond acceptors (Lipinski definition) is 13. The molecule has 1 saturated carbocycles. The summed E-state index contributed by atoms with van der Waals surface area (Å²) in [6.45, 7) is -0.943. The molecule has 3 heterocycles. The number of aromatic hydroxyl groups is 2. The summed E-state index contributed by atoms with van der Waals surface area (Å²) in [5.41, 5.74) is -1.21. The number of carbonyl (C=O) groups excluding carboxylic acids is 1. The molecule has 13 nitrogen and oxygen atoms in total. The van der Waals surface area contributed by atoms with E-state index < -0.39 is 90.7 Å². The molecule has 192 valence electrons. The molecular formula is C22H26O13. The van der Waals surface area contributed by atoms with Crippen LogP contribution in [0.1, 0.15) is 10.4 Å². The van der Waals surface area contributed by atoms with Crippen molar-refractivity contribution in [3.63, 3.8) is 0 Å². The van der Waals surface area contributed by atoms with Crippen molar-refractivity contribution in [1.82, 2.24) is 0 Å². The van der Waals surface area contributed by atoms with Crippen LogP contribution in [0.25, 0.3) is 0 Å². The largest absolute Gasteiger partial charge is 0.504 e. The van der Waals surface area contributed by atoms with Crippen LogP contribution in [0.3, 0.4) is 0 Å². The zero-order valence-corrected chi connectivity index (χ0v) is 18.2. The van der Waals surface area contributed by atoms with E-state index in [1.807, 2.05) is 0 Å². The van der Waals surface area contributed by atoms with E-state index in [4.69, 9.17) is 23.7 Å². The van der Waals surface area contributed by atoms with Crippen molar-refractivity contribution in [2.45, 2.75) is 54.8 Å². The van der Waals surface area contributed by atoms with Crippen molar-refractivity contribution < 1.29 is 64.2 Å². The molecule has 35 heavy (non-hydrogen) atoms. The third kappa shape index (κ3) is 3.93. The normalized spacial score (nSPS) is 43.7. The third-order valence-corrected chi connectivity index (χ3v) is 7.02. The Morgan fingerprint density at radius 3 is 2.49 bits per heavy atom. The molecule has 1 aliphatic carbocycles. The van der Waals surface area contributed by atoms with Gasteiger partial charge in [0.15, 0.2) is 17.8 Å². The van der Waals surface area contributed by atoms with Crippen LogP contribution in [0.15, 0.2) is 30.5 Å². The van der Waals surface area contributed by atoms with Gasteiger partial charge < -0.3 is 59.4 Å². The Hall–Kier alpha value is -2.49. The fourth-order valence-electron chi connectivity index (χ4n) is 5.07. The summed E-state index contributed by atoms with van der Waals surface area (Å²) >= 11 is 0. The van der Waals surface area contributed by atoms with Gasteiger partial charge in [0.25, 0.3) is 0 Å². The second kappa shape index (κ2) is 8.87. The SMILES string of the molecule is O=C(OCC12OC1C(O)C1C=COC(OC3OC(CO)C(O)C(O)C3O)C12)c1ccc(O)c(O)c1. The van der Waals surface area contributed by atoms with Crippen molar-refractivity contribution in [3.05, 3.63) is 36.1 Å². The van der Waals surface area contributed by atoms with Crippen LogP contribution >= 0.6 is 0 Å². The summed E-state index contributed by atoms with van der Waals surface area (Å²) in [6.07, 6.45) is -7.50. The zero-order valence-electron chi connectivity index (χ0n) is 18.2. The first-order chi connectivity index (χ1) is 16.7. The van der Waals surface area contributed by atoms with Crippen LogP contribution in [0.4, 0.5) is 0 Å². The first-order valence-electron chi connectivity index (χ1n) is 11.0. The van der Waals surface area contributed by atoms with Gasteiger partial charge in [-0.05, 0) is 24.3 Å². The molecule has 0 amide bonds. The van der Waals surface area contributed by atoms with E-state index in [2.05, 4.69) is 0 Å². The quantitative estimate of drug-likeness (QED) is 0.125. The van der Waals surface area contributed by atoms with Crippen molar-refractivity contribution >= 4 is 5.97 Å². The molecule has 0 radical (unpaired) electrons. The van der Waals surface area contributed by atoms with Crippen molar-refractivity contribution in [1.29, 1.82) is 0 Å². The first-order valence-corrected chi connectivity index (χ1v) is 11.0. The molecule has 3 aliphatic heterocycles. The predicted octanol–water partition coefficient (Wildman–Crippen LogP) is -2.31. The molecule has 4 aliphatic rings. The lowest BCUT2D eigenvalue weighted by Crippen LogP contribution is -2.60. The number of esters is 1. The minimum Gasteiger partial charge on any atom is -0.504 e. The van der Waals surface area contributed by atoms with E-state index >= 15 is 0 Å². The molecular weight excluding hydrogens is 472 g/mol. The molecule has 1 aromatic rings. The summed E-state index contributed by atoms with van der Waals surface area (Å²) in [4.78, 5) is 12.5. The summed E-state index contributed by atoms with van der Waals surface area (Å²) in [7, 11) is 0. The van der Waals surface area contributed by atoms with Gasteiger partial charge in [0.05, 0.1) is 30.5 Å². The van der Waals surface area contributed by atoms with Gasteiger partial charge in [-0.3, -0.25) is 0 Å². The number of fused-ring (bicyclic) bond motifs is 3. The highest BCUT2D eigenvalue weighted by Crippen LogP contribution is 2.60. The maximum atomic E-state index is 12.5. The molecule has 11 atom stereocenters. The molecule has 13 heteroatoms. The van der Waals surface area contributed by atoms with E-state index in [9.17, 15) is 40.5 Å². The van der Waals surface area contributed by atoms with E-state index in [-0.39, 0.29) is 12.2 Å². The first kappa shape index (κ1) is 24.2. The van der Waals surface area contributed by atoms with Gasteiger partial charge in [-0.15, -0.1) is 0 Å². The average Bonchev–Trinajstić information content (AvgIpc) is 3.53. The fraction of sp³-hybridized carbons (Fsp3) is 0.591. The summed E-state index contributed by atoms with van der Waals surface area (Å²) < 4.78 is 27.9. The Morgan fingerprint density at radius 2 is 1.77 bits per heavy atom. The predicted molar refractivity (Wildman–Crippen MR) is 110 cm³/mol. The Labute approximate surface area is 198 Å². The van der Waals surface area contributed by atoms with E-state index in [1.54, 1.807) is 6.08 Å². The van der Waals surface area contributed by atoms with E-state index in [1.165, 1.54) is 12.3 Å². The number of carbonyl (C=O) groups is 1. The number of aliphatic hydroxyl groups excluding tert-OH is 5. The number of phenolic OH excluding ortho intramolecular Hbond substituents is 2. The van der Waals surface area contributed by atoms with Crippen LogP contribution < -0.4 is 0 Å². The van der Waals surface area contributed by atoms with Crippen LogP contribution in [0, 0.1) is 11.8 Å². The number of hydrogen-bond donors (Lipinski definition) is 7. The second-order valence-electron chi connectivity index (χ2n) is 9.03. The van der Waals surface area contributed by atoms with Crippen molar-refractivity contribution in [2.24, 2.45) is 11.8 Å². The number of rotatable bonds is 6. The maximum Gasteiger partial charge on any atom is 0.338 e. The number of phenols is 2. The Kier molecular flexibility index (Phi) is 6.14. The number of benzene rings is 1. The van der Waals surface area contributed by atoms with Gasteiger partial charge in [-0.25, -0.2) is 4.79 Å². The second-order valence-corrected chi connectivity index (χ2v) is 9.03. The van der Waals surface area contributed by atoms with Gasteiger partial charge in [-0.1, -0.05) is 0 Å². The maximum absolute atomic E-state index is 12.5. The summed E-state index contributed by atoms with van der Waals surface area (Å²) in [5.74, 6) is -2.93. The highest BCUT2D eigenvalue weighted by molar-refractivity contribution is 5.90. The minimum absolute atomic E-state index is 0.0158. The van der Waals surface area contributed by atoms with Gasteiger partial charge in [0, 0.05) is 5.92 Å². The molecule has 0 bridgehead atoms. The molecule has 5 rings (SSSR count). The smallest absolute Gasteiger partial charge is 0.338 e. The van der Waals surface area contributed by atoms with Crippen LogP contribution in [0.2, 0.25) is 0 Å².